The molecule has 0 radical (unpaired) electrons. The Labute approximate surface area is 133 Å². The van der Waals surface area contributed by atoms with Gasteiger partial charge < -0.3 is 11.1 Å². The number of benzene rings is 1. The fourth-order valence-corrected chi connectivity index (χ4v) is 3.44. The van der Waals surface area contributed by atoms with Crippen LogP contribution in [-0.4, -0.2) is 11.9 Å². The van der Waals surface area contributed by atoms with E-state index in [9.17, 15) is 4.79 Å². The van der Waals surface area contributed by atoms with Crippen LogP contribution in [0.4, 0.5) is 0 Å². The van der Waals surface area contributed by atoms with E-state index in [4.69, 9.17) is 5.73 Å². The molecule has 2 saturated carbocycles. The number of rotatable bonds is 5. The van der Waals surface area contributed by atoms with Crippen LogP contribution in [0.25, 0.3) is 0 Å². The van der Waals surface area contributed by atoms with Gasteiger partial charge >= 0.3 is 0 Å². The lowest BCUT2D eigenvalue weighted by Crippen LogP contribution is -2.34. The normalized spacial score (nSPS) is 21.1. The summed E-state index contributed by atoms with van der Waals surface area (Å²) in [6.45, 7) is 0. The third kappa shape index (κ3) is 4.10. The van der Waals surface area contributed by atoms with Crippen LogP contribution in [0, 0.1) is 0 Å². The number of nitrogens with two attached hydrogens (primary N) is 1. The van der Waals surface area contributed by atoms with E-state index in [2.05, 4.69) is 29.6 Å². The molecule has 0 aliphatic heterocycles. The second-order valence-corrected chi connectivity index (χ2v) is 7.11. The van der Waals surface area contributed by atoms with Crippen molar-refractivity contribution in [2.75, 3.05) is 0 Å². The average molecular weight is 300 g/mol. The van der Waals surface area contributed by atoms with Gasteiger partial charge in [-0.05, 0) is 43.2 Å². The lowest BCUT2D eigenvalue weighted by Gasteiger charge is -2.16. The van der Waals surface area contributed by atoms with Crippen LogP contribution in [0.2, 0.25) is 0 Å². The van der Waals surface area contributed by atoms with Gasteiger partial charge in [0.15, 0.2) is 0 Å². The Morgan fingerprint density at radius 1 is 1.18 bits per heavy atom. The summed E-state index contributed by atoms with van der Waals surface area (Å²) < 4.78 is 0. The zero-order chi connectivity index (χ0) is 15.4. The number of hydrogen-bond acceptors (Lipinski definition) is 2. The number of hydrogen-bond donors (Lipinski definition) is 2. The monoisotopic (exact) mass is 300 g/mol. The van der Waals surface area contributed by atoms with Gasteiger partial charge in [0.1, 0.15) is 0 Å². The first-order valence-electron chi connectivity index (χ1n) is 8.83. The predicted molar refractivity (Wildman–Crippen MR) is 89.5 cm³/mol. The van der Waals surface area contributed by atoms with Crippen molar-refractivity contribution < 1.29 is 4.79 Å². The van der Waals surface area contributed by atoms with Crippen LogP contribution in [0.15, 0.2) is 24.3 Å². The third-order valence-corrected chi connectivity index (χ3v) is 5.15. The molecule has 1 aromatic rings. The predicted octanol–water partition coefficient (Wildman–Crippen LogP) is 3.41. The maximum atomic E-state index is 12.2. The molecule has 2 aliphatic carbocycles. The van der Waals surface area contributed by atoms with Crippen molar-refractivity contribution in [1.82, 2.24) is 5.32 Å². The highest BCUT2D eigenvalue weighted by Crippen LogP contribution is 2.42. The summed E-state index contributed by atoms with van der Waals surface area (Å²) in [6.07, 6.45) is 11.0. The van der Waals surface area contributed by atoms with Crippen molar-refractivity contribution in [2.24, 2.45) is 5.73 Å². The second kappa shape index (κ2) is 6.82. The molecule has 0 heterocycles. The van der Waals surface area contributed by atoms with Crippen LogP contribution in [-0.2, 0) is 16.8 Å². The highest BCUT2D eigenvalue weighted by Gasteiger charge is 2.39. The number of nitrogens with one attached hydrogen (secondary N) is 1. The zero-order valence-electron chi connectivity index (χ0n) is 13.4. The van der Waals surface area contributed by atoms with E-state index in [-0.39, 0.29) is 11.4 Å². The largest absolute Gasteiger partial charge is 0.353 e. The number of carbonyl (C=O) groups excluding carboxylic acids is 1. The first-order valence-corrected chi connectivity index (χ1v) is 8.83. The molecule has 3 heteroatoms. The molecule has 0 unspecified atom stereocenters. The molecule has 22 heavy (non-hydrogen) atoms. The Hall–Kier alpha value is -1.35. The molecule has 0 saturated heterocycles. The van der Waals surface area contributed by atoms with Crippen LogP contribution in [0.5, 0.6) is 0 Å². The van der Waals surface area contributed by atoms with E-state index in [1.54, 1.807) is 0 Å². The Balaban J connectivity index is 1.48. The van der Waals surface area contributed by atoms with Gasteiger partial charge in [-0.25, -0.2) is 0 Å². The molecule has 3 nitrogen and oxygen atoms in total. The zero-order valence-corrected chi connectivity index (χ0v) is 13.4. The molecule has 1 aromatic carbocycles. The van der Waals surface area contributed by atoms with Gasteiger partial charge in [0.05, 0.1) is 0 Å². The fraction of sp³-hybridized carbons (Fsp3) is 0.632. The molecule has 2 aliphatic rings. The highest BCUT2D eigenvalue weighted by atomic mass is 16.1. The van der Waals surface area contributed by atoms with E-state index >= 15 is 0 Å². The summed E-state index contributed by atoms with van der Waals surface area (Å²) in [5, 5.41) is 3.22. The maximum Gasteiger partial charge on any atom is 0.220 e. The molecule has 120 valence electrons. The van der Waals surface area contributed by atoms with Crippen LogP contribution < -0.4 is 11.1 Å². The molecule has 0 atom stereocenters. The molecule has 3 N–H and O–H groups in total. The van der Waals surface area contributed by atoms with E-state index in [0.717, 1.165) is 32.1 Å². The molecule has 3 rings (SSSR count). The first-order chi connectivity index (χ1) is 10.7. The van der Waals surface area contributed by atoms with Crippen molar-refractivity contribution in [3.05, 3.63) is 35.4 Å². The van der Waals surface area contributed by atoms with Crippen molar-refractivity contribution in [3.63, 3.8) is 0 Å². The minimum absolute atomic E-state index is 0.0847. The van der Waals surface area contributed by atoms with Crippen molar-refractivity contribution in [2.45, 2.75) is 75.8 Å². The minimum Gasteiger partial charge on any atom is -0.353 e. The van der Waals surface area contributed by atoms with Gasteiger partial charge in [-0.15, -0.1) is 0 Å². The van der Waals surface area contributed by atoms with E-state index in [1.165, 1.54) is 36.8 Å². The van der Waals surface area contributed by atoms with E-state index < -0.39 is 0 Å². The van der Waals surface area contributed by atoms with Crippen LogP contribution in [0.1, 0.15) is 68.9 Å². The summed E-state index contributed by atoms with van der Waals surface area (Å²) >= 11 is 0. The maximum absolute atomic E-state index is 12.2. The molecule has 2 fully saturated rings. The lowest BCUT2D eigenvalue weighted by molar-refractivity contribution is -0.121. The Kier molecular flexibility index (Phi) is 4.82. The summed E-state index contributed by atoms with van der Waals surface area (Å²) in [6, 6.07) is 8.88. The van der Waals surface area contributed by atoms with Crippen LogP contribution in [0.3, 0.4) is 0 Å². The van der Waals surface area contributed by atoms with Crippen molar-refractivity contribution in [1.29, 1.82) is 0 Å². The molecule has 1 amide bonds. The van der Waals surface area contributed by atoms with Gasteiger partial charge in [0, 0.05) is 18.0 Å². The number of carbonyl (C=O) groups is 1. The fourth-order valence-electron chi connectivity index (χ4n) is 3.44. The standard InChI is InChI=1S/C19H28N2O/c20-19(12-13-19)16-7-5-6-15(14-16)10-11-18(22)21-17-8-3-1-2-4-9-17/h5-7,14,17H,1-4,8-13,20H2,(H,21,22). The van der Waals surface area contributed by atoms with Gasteiger partial charge in [-0.1, -0.05) is 49.9 Å². The Morgan fingerprint density at radius 3 is 2.59 bits per heavy atom. The quantitative estimate of drug-likeness (QED) is 0.819. The highest BCUT2D eigenvalue weighted by molar-refractivity contribution is 5.76. The van der Waals surface area contributed by atoms with Gasteiger partial charge in [0.25, 0.3) is 0 Å². The summed E-state index contributed by atoms with van der Waals surface area (Å²) in [5.74, 6) is 0.200. The Bertz CT molecular complexity index is 514. The third-order valence-electron chi connectivity index (χ3n) is 5.15. The summed E-state index contributed by atoms with van der Waals surface area (Å²) in [4.78, 5) is 12.2. The molecule has 0 aromatic heterocycles. The Morgan fingerprint density at radius 2 is 1.91 bits per heavy atom. The van der Waals surface area contributed by atoms with E-state index in [0.29, 0.717) is 12.5 Å². The minimum atomic E-state index is -0.0847. The smallest absolute Gasteiger partial charge is 0.220 e. The molecular formula is C19H28N2O. The van der Waals surface area contributed by atoms with Gasteiger partial charge in [-0.3, -0.25) is 4.79 Å². The summed E-state index contributed by atoms with van der Waals surface area (Å²) in [5.41, 5.74) is 8.62. The lowest BCUT2D eigenvalue weighted by atomic mass is 10.0. The second-order valence-electron chi connectivity index (χ2n) is 7.11. The molecule has 0 spiro atoms. The van der Waals surface area contributed by atoms with Crippen molar-refractivity contribution in [3.8, 4) is 0 Å². The topological polar surface area (TPSA) is 55.1 Å². The van der Waals surface area contributed by atoms with Gasteiger partial charge in [0.2, 0.25) is 5.91 Å². The molecular weight excluding hydrogens is 272 g/mol. The molecule has 0 bridgehead atoms. The van der Waals surface area contributed by atoms with E-state index in [1.807, 2.05) is 0 Å². The number of aryl methyl sites for hydroxylation is 1. The SMILES string of the molecule is NC1(c2cccc(CCC(=O)NC3CCCCCC3)c2)CC1. The first kappa shape index (κ1) is 15.5. The van der Waals surface area contributed by atoms with Crippen molar-refractivity contribution >= 4 is 5.91 Å². The van der Waals surface area contributed by atoms with Gasteiger partial charge in [-0.2, -0.15) is 0 Å². The average Bonchev–Trinajstić information content (AvgIpc) is 3.31. The summed E-state index contributed by atoms with van der Waals surface area (Å²) in [7, 11) is 0. The number of amides is 1. The van der Waals surface area contributed by atoms with Crippen LogP contribution >= 0.6 is 0 Å².